The summed E-state index contributed by atoms with van der Waals surface area (Å²) in [5.74, 6) is 0.805. The van der Waals surface area contributed by atoms with Gasteiger partial charge in [0.05, 0.1) is 34.4 Å². The minimum Gasteiger partial charge on any atom is -0.497 e. The lowest BCUT2D eigenvalue weighted by atomic mass is 10.0. The van der Waals surface area contributed by atoms with E-state index >= 15 is 0 Å². The summed E-state index contributed by atoms with van der Waals surface area (Å²) < 4.78 is 34.7. The number of aliphatic hydroxyl groups is 1. The predicted octanol–water partition coefficient (Wildman–Crippen LogP) is 4.44. The highest BCUT2D eigenvalue weighted by molar-refractivity contribution is 7.89. The molecule has 196 valence electrons. The number of hydrogen-bond donors (Lipinski definition) is 2. The molecular formula is C26H36N4O4S2. The van der Waals surface area contributed by atoms with Gasteiger partial charge in [0.2, 0.25) is 10.0 Å². The van der Waals surface area contributed by atoms with Gasteiger partial charge in [0.1, 0.15) is 5.75 Å². The van der Waals surface area contributed by atoms with Gasteiger partial charge in [-0.1, -0.05) is 37.3 Å². The molecule has 0 fully saturated rings. The Hall–Kier alpha value is -2.53. The number of thiazole rings is 1. The van der Waals surface area contributed by atoms with Crippen molar-refractivity contribution in [2.75, 3.05) is 25.5 Å². The molecule has 0 aliphatic carbocycles. The van der Waals surface area contributed by atoms with Crippen molar-refractivity contribution in [3.05, 3.63) is 48.0 Å². The lowest BCUT2D eigenvalue weighted by molar-refractivity contribution is 0.117. The van der Waals surface area contributed by atoms with Crippen molar-refractivity contribution in [3.8, 4) is 5.75 Å². The number of ether oxygens (including phenoxy) is 1. The van der Waals surface area contributed by atoms with E-state index in [0.29, 0.717) is 6.42 Å². The molecule has 0 saturated carbocycles. The second-order valence-electron chi connectivity index (χ2n) is 9.53. The largest absolute Gasteiger partial charge is 0.497 e. The Balaban J connectivity index is 1.83. The first kappa shape index (κ1) is 28.0. The van der Waals surface area contributed by atoms with Gasteiger partial charge in [-0.15, -0.1) is 0 Å². The summed E-state index contributed by atoms with van der Waals surface area (Å²) >= 11 is 1.42. The molecule has 0 aliphatic rings. The lowest BCUT2D eigenvalue weighted by Crippen LogP contribution is -2.43. The molecule has 0 spiro atoms. The molecule has 2 atom stereocenters. The molecule has 0 bridgehead atoms. The zero-order valence-electron chi connectivity index (χ0n) is 21.5. The average Bonchev–Trinajstić information content (AvgIpc) is 3.22. The third kappa shape index (κ3) is 7.03. The third-order valence-electron chi connectivity index (χ3n) is 5.65. The molecule has 0 saturated heterocycles. The number of anilines is 1. The number of hydrogen-bond acceptors (Lipinski definition) is 8. The fraction of sp³-hybridized carbons (Fsp3) is 0.462. The van der Waals surface area contributed by atoms with E-state index in [1.807, 2.05) is 52.0 Å². The van der Waals surface area contributed by atoms with Gasteiger partial charge in [-0.3, -0.25) is 4.99 Å². The van der Waals surface area contributed by atoms with Crippen molar-refractivity contribution in [1.29, 1.82) is 0 Å². The zero-order valence-corrected chi connectivity index (χ0v) is 23.1. The highest BCUT2D eigenvalue weighted by Crippen LogP contribution is 2.30. The molecule has 10 heteroatoms. The highest BCUT2D eigenvalue weighted by Gasteiger charge is 2.30. The van der Waals surface area contributed by atoms with E-state index in [-0.39, 0.29) is 29.9 Å². The smallest absolute Gasteiger partial charge is 0.243 e. The van der Waals surface area contributed by atoms with Crippen LogP contribution in [0, 0.1) is 5.92 Å². The van der Waals surface area contributed by atoms with Gasteiger partial charge in [0.25, 0.3) is 0 Å². The van der Waals surface area contributed by atoms with Crippen LogP contribution in [0.4, 0.5) is 5.13 Å². The second kappa shape index (κ2) is 12.1. The summed E-state index contributed by atoms with van der Waals surface area (Å²) in [6.45, 7) is 11.8. The maximum Gasteiger partial charge on any atom is 0.243 e. The Morgan fingerprint density at radius 2 is 1.83 bits per heavy atom. The Bertz CT molecular complexity index is 1260. The number of benzene rings is 2. The second-order valence-corrected chi connectivity index (χ2v) is 12.5. The van der Waals surface area contributed by atoms with E-state index in [2.05, 4.69) is 22.0 Å². The van der Waals surface area contributed by atoms with Crippen LogP contribution in [0.5, 0.6) is 5.75 Å². The maximum absolute atomic E-state index is 13.7. The number of aliphatic imine (C=N–C) groups is 1. The van der Waals surface area contributed by atoms with Crippen LogP contribution in [0.3, 0.4) is 0 Å². The highest BCUT2D eigenvalue weighted by atomic mass is 32.2. The van der Waals surface area contributed by atoms with Crippen LogP contribution in [0.15, 0.2) is 52.4 Å². The van der Waals surface area contributed by atoms with Crippen LogP contribution in [0.2, 0.25) is 0 Å². The van der Waals surface area contributed by atoms with E-state index in [1.54, 1.807) is 25.3 Å². The van der Waals surface area contributed by atoms with Crippen molar-refractivity contribution >= 4 is 43.4 Å². The maximum atomic E-state index is 13.7. The van der Waals surface area contributed by atoms with Gasteiger partial charge in [0.15, 0.2) is 5.13 Å². The topological polar surface area (TPSA) is 104 Å². The molecule has 0 radical (unpaired) electrons. The number of rotatable bonds is 13. The third-order valence-corrected chi connectivity index (χ3v) is 8.43. The predicted molar refractivity (Wildman–Crippen MR) is 148 cm³/mol. The normalized spacial score (nSPS) is 13.9. The summed E-state index contributed by atoms with van der Waals surface area (Å²) in [4.78, 5) is 8.83. The van der Waals surface area contributed by atoms with Gasteiger partial charge in [0, 0.05) is 19.1 Å². The number of sulfonamides is 1. The van der Waals surface area contributed by atoms with Gasteiger partial charge >= 0.3 is 0 Å². The Morgan fingerprint density at radius 1 is 1.14 bits per heavy atom. The monoisotopic (exact) mass is 532 g/mol. The van der Waals surface area contributed by atoms with Gasteiger partial charge in [-0.2, -0.15) is 4.31 Å². The Morgan fingerprint density at radius 3 is 2.42 bits per heavy atom. The first-order valence-corrected chi connectivity index (χ1v) is 14.2. The van der Waals surface area contributed by atoms with Crippen LogP contribution < -0.4 is 10.1 Å². The van der Waals surface area contributed by atoms with Gasteiger partial charge in [-0.25, -0.2) is 13.4 Å². The van der Waals surface area contributed by atoms with E-state index in [0.717, 1.165) is 26.7 Å². The minimum atomic E-state index is -3.87. The molecular weight excluding hydrogens is 496 g/mol. The standard InChI is InChI=1S/C26H36N4O4S2/c1-17(2)15-30(16-24(31)23(27-5)13-19-7-9-20(34-6)10-8-19)36(32,33)21-11-12-22-25(14-21)35-26(29-22)28-18(3)4/h7-12,14,17-18,23-24,31H,5,13,15-16H2,1-4,6H3,(H,28,29)/t23-,24+/m0/s1. The molecule has 8 nitrogen and oxygen atoms in total. The van der Waals surface area contributed by atoms with Crippen LogP contribution in [-0.2, 0) is 16.4 Å². The van der Waals surface area contributed by atoms with E-state index in [4.69, 9.17) is 4.74 Å². The van der Waals surface area contributed by atoms with Crippen LogP contribution in [0.25, 0.3) is 10.2 Å². The number of methoxy groups -OCH3 is 1. The molecule has 0 aliphatic heterocycles. The number of aromatic nitrogens is 1. The van der Waals surface area contributed by atoms with Crippen LogP contribution in [-0.4, -0.2) is 67.9 Å². The first-order valence-electron chi connectivity index (χ1n) is 12.0. The molecule has 2 aromatic carbocycles. The lowest BCUT2D eigenvalue weighted by Gasteiger charge is -2.28. The summed E-state index contributed by atoms with van der Waals surface area (Å²) in [6.07, 6.45) is -0.588. The van der Waals surface area contributed by atoms with Gasteiger partial charge < -0.3 is 15.2 Å². The Kier molecular flexibility index (Phi) is 9.46. The molecule has 36 heavy (non-hydrogen) atoms. The van der Waals surface area contributed by atoms with Crippen molar-refractivity contribution in [2.45, 2.75) is 57.2 Å². The molecule has 0 amide bonds. The summed E-state index contributed by atoms with van der Waals surface area (Å²) in [5.41, 5.74) is 1.69. The van der Waals surface area contributed by atoms with E-state index in [1.165, 1.54) is 15.6 Å². The SMILES string of the molecule is C=N[C@@H](Cc1ccc(OC)cc1)[C@H](O)CN(CC(C)C)S(=O)(=O)c1ccc2nc(NC(C)C)sc2c1. The van der Waals surface area contributed by atoms with Crippen molar-refractivity contribution < 1.29 is 18.3 Å². The zero-order chi connectivity index (χ0) is 26.5. The van der Waals surface area contributed by atoms with Crippen molar-refractivity contribution in [1.82, 2.24) is 9.29 Å². The molecule has 1 heterocycles. The summed E-state index contributed by atoms with van der Waals surface area (Å²) in [5, 5.41) is 15.1. The molecule has 2 N–H and O–H groups in total. The molecule has 0 unspecified atom stereocenters. The van der Waals surface area contributed by atoms with Crippen LogP contribution in [0.1, 0.15) is 33.3 Å². The fourth-order valence-electron chi connectivity index (χ4n) is 3.86. The minimum absolute atomic E-state index is 0.0673. The summed E-state index contributed by atoms with van der Waals surface area (Å²) in [6, 6.07) is 12.1. The van der Waals surface area contributed by atoms with Gasteiger partial charge in [-0.05, 0) is 68.8 Å². The van der Waals surface area contributed by atoms with E-state index < -0.39 is 22.2 Å². The van der Waals surface area contributed by atoms with Crippen molar-refractivity contribution in [2.24, 2.45) is 10.9 Å². The quantitative estimate of drug-likeness (QED) is 0.315. The van der Waals surface area contributed by atoms with E-state index in [9.17, 15) is 13.5 Å². The first-order chi connectivity index (χ1) is 17.0. The number of nitrogens with one attached hydrogen (secondary N) is 1. The fourth-order valence-corrected chi connectivity index (χ4v) is 6.63. The van der Waals surface area contributed by atoms with Crippen molar-refractivity contribution in [3.63, 3.8) is 0 Å². The summed E-state index contributed by atoms with van der Waals surface area (Å²) in [7, 11) is -2.26. The van der Waals surface area contributed by atoms with Crippen LogP contribution >= 0.6 is 11.3 Å². The number of nitrogens with zero attached hydrogens (tertiary/aromatic N) is 3. The molecule has 1 aromatic heterocycles. The molecule has 3 aromatic rings. The number of fused-ring (bicyclic) bond motifs is 1. The Labute approximate surface area is 218 Å². The average molecular weight is 533 g/mol. The number of aliphatic hydroxyl groups excluding tert-OH is 1. The molecule has 3 rings (SSSR count).